The molecule has 0 bridgehead atoms. The van der Waals surface area contributed by atoms with Crippen LogP contribution in [-0.2, 0) is 6.42 Å². The van der Waals surface area contributed by atoms with Crippen LogP contribution in [0.5, 0.6) is 0 Å². The molecule has 1 aromatic heterocycles. The van der Waals surface area contributed by atoms with Gasteiger partial charge in [0.25, 0.3) is 11.8 Å². The minimum Gasteiger partial charge on any atom is -0.459 e. The minimum absolute atomic E-state index is 0.176. The second kappa shape index (κ2) is 6.80. The highest BCUT2D eigenvalue weighted by atomic mass is 79.9. The van der Waals surface area contributed by atoms with Crippen molar-refractivity contribution in [2.45, 2.75) is 6.42 Å². The third-order valence-corrected chi connectivity index (χ3v) is 4.85. The van der Waals surface area contributed by atoms with Gasteiger partial charge in [-0.3, -0.25) is 9.59 Å². The van der Waals surface area contributed by atoms with Crippen LogP contribution in [0.1, 0.15) is 26.5 Å². The van der Waals surface area contributed by atoms with Crippen LogP contribution in [-0.4, -0.2) is 18.4 Å². The van der Waals surface area contributed by atoms with E-state index in [1.54, 1.807) is 29.2 Å². The lowest BCUT2D eigenvalue weighted by atomic mass is 10.1. The van der Waals surface area contributed by atoms with Gasteiger partial charge >= 0.3 is 0 Å². The summed E-state index contributed by atoms with van der Waals surface area (Å²) in [5.41, 5.74) is 3.10. The number of hydrogen-bond donors (Lipinski definition) is 1. The number of fused-ring (bicyclic) bond motifs is 1. The first-order valence-electron chi connectivity index (χ1n) is 8.17. The number of carbonyl (C=O) groups excluding carboxylic acids is 2. The van der Waals surface area contributed by atoms with Gasteiger partial charge in [-0.05, 0) is 60.5 Å². The smallest absolute Gasteiger partial charge is 0.293 e. The number of furan rings is 1. The van der Waals surface area contributed by atoms with Crippen molar-refractivity contribution in [3.05, 3.63) is 82.2 Å². The summed E-state index contributed by atoms with van der Waals surface area (Å²) in [7, 11) is 0. The molecule has 0 saturated carbocycles. The maximum absolute atomic E-state index is 12.6. The Balaban J connectivity index is 1.57. The van der Waals surface area contributed by atoms with Crippen LogP contribution in [0.2, 0.25) is 0 Å². The lowest BCUT2D eigenvalue weighted by Crippen LogP contribution is -2.28. The van der Waals surface area contributed by atoms with Gasteiger partial charge in [0.05, 0.1) is 6.26 Å². The molecule has 6 heteroatoms. The third-order valence-electron chi connectivity index (χ3n) is 4.32. The summed E-state index contributed by atoms with van der Waals surface area (Å²) in [5.74, 6) is -0.0633. The number of benzene rings is 2. The number of rotatable bonds is 3. The van der Waals surface area contributed by atoms with Gasteiger partial charge in [0.1, 0.15) is 0 Å². The minimum atomic E-state index is -0.195. The molecule has 2 heterocycles. The first-order chi connectivity index (χ1) is 12.6. The average Bonchev–Trinajstić information content (AvgIpc) is 3.31. The molecule has 5 nitrogen and oxygen atoms in total. The van der Waals surface area contributed by atoms with E-state index in [0.29, 0.717) is 23.6 Å². The zero-order valence-corrected chi connectivity index (χ0v) is 15.3. The standard InChI is InChI=1S/C20H15BrN2O3/c21-15-6-3-14(4-7-15)19(24)22-16-8-5-13-9-10-23(17(13)12-16)20(25)18-2-1-11-26-18/h1-8,11-12H,9-10H2,(H,22,24). The Hall–Kier alpha value is -2.86. The van der Waals surface area contributed by atoms with Crippen molar-refractivity contribution in [1.29, 1.82) is 0 Å². The molecule has 2 aromatic carbocycles. The predicted octanol–water partition coefficient (Wildman–Crippen LogP) is 4.50. The average molecular weight is 411 g/mol. The molecule has 0 spiro atoms. The molecule has 0 unspecified atom stereocenters. The number of halogens is 1. The van der Waals surface area contributed by atoms with Crippen molar-refractivity contribution in [3.63, 3.8) is 0 Å². The highest BCUT2D eigenvalue weighted by Gasteiger charge is 2.27. The van der Waals surface area contributed by atoms with Crippen LogP contribution in [0.3, 0.4) is 0 Å². The summed E-state index contributed by atoms with van der Waals surface area (Å²) in [4.78, 5) is 26.7. The molecular formula is C20H15BrN2O3. The van der Waals surface area contributed by atoms with Crippen LogP contribution >= 0.6 is 15.9 Å². The molecule has 0 atom stereocenters. The molecule has 0 aliphatic carbocycles. The van der Waals surface area contributed by atoms with E-state index < -0.39 is 0 Å². The fourth-order valence-corrected chi connectivity index (χ4v) is 3.27. The van der Waals surface area contributed by atoms with E-state index in [2.05, 4.69) is 21.2 Å². The lowest BCUT2D eigenvalue weighted by molar-refractivity contribution is 0.0962. The summed E-state index contributed by atoms with van der Waals surface area (Å²) in [5, 5.41) is 2.89. The second-order valence-corrected chi connectivity index (χ2v) is 6.90. The van der Waals surface area contributed by atoms with Crippen LogP contribution in [0.15, 0.2) is 69.8 Å². The van der Waals surface area contributed by atoms with Crippen molar-refractivity contribution in [3.8, 4) is 0 Å². The van der Waals surface area contributed by atoms with Crippen LogP contribution in [0, 0.1) is 0 Å². The van der Waals surface area contributed by atoms with E-state index in [-0.39, 0.29) is 11.8 Å². The topological polar surface area (TPSA) is 62.6 Å². The zero-order chi connectivity index (χ0) is 18.1. The van der Waals surface area contributed by atoms with Gasteiger partial charge in [0.15, 0.2) is 5.76 Å². The maximum Gasteiger partial charge on any atom is 0.293 e. The Morgan fingerprint density at radius 3 is 2.62 bits per heavy atom. The number of anilines is 2. The molecule has 0 saturated heterocycles. The molecular weight excluding hydrogens is 396 g/mol. The second-order valence-electron chi connectivity index (χ2n) is 5.99. The Bertz CT molecular complexity index is 965. The molecule has 26 heavy (non-hydrogen) atoms. The molecule has 1 aliphatic heterocycles. The van der Waals surface area contributed by atoms with Gasteiger partial charge in [-0.2, -0.15) is 0 Å². The maximum atomic E-state index is 12.6. The monoisotopic (exact) mass is 410 g/mol. The van der Waals surface area contributed by atoms with Gasteiger partial charge in [-0.15, -0.1) is 0 Å². The Morgan fingerprint density at radius 1 is 1.08 bits per heavy atom. The van der Waals surface area contributed by atoms with E-state index in [1.165, 1.54) is 6.26 Å². The molecule has 3 aromatic rings. The van der Waals surface area contributed by atoms with E-state index in [4.69, 9.17) is 4.42 Å². The van der Waals surface area contributed by atoms with Crippen molar-refractivity contribution in [1.82, 2.24) is 0 Å². The highest BCUT2D eigenvalue weighted by Crippen LogP contribution is 2.32. The first-order valence-corrected chi connectivity index (χ1v) is 8.96. The molecule has 1 N–H and O–H groups in total. The Labute approximate surface area is 158 Å². The lowest BCUT2D eigenvalue weighted by Gasteiger charge is -2.17. The number of hydrogen-bond acceptors (Lipinski definition) is 3. The summed E-state index contributed by atoms with van der Waals surface area (Å²) in [6, 6.07) is 16.1. The first kappa shape index (κ1) is 16.6. The molecule has 4 rings (SSSR count). The van der Waals surface area contributed by atoms with Crippen molar-refractivity contribution >= 4 is 39.1 Å². The van der Waals surface area contributed by atoms with E-state index in [0.717, 1.165) is 22.1 Å². The quantitative estimate of drug-likeness (QED) is 0.691. The van der Waals surface area contributed by atoms with Crippen LogP contribution in [0.4, 0.5) is 11.4 Å². The van der Waals surface area contributed by atoms with Crippen LogP contribution in [0.25, 0.3) is 0 Å². The molecule has 2 amide bonds. The van der Waals surface area contributed by atoms with Gasteiger partial charge in [0.2, 0.25) is 0 Å². The summed E-state index contributed by atoms with van der Waals surface area (Å²) < 4.78 is 6.14. The fraction of sp³-hybridized carbons (Fsp3) is 0.100. The van der Waals surface area contributed by atoms with E-state index >= 15 is 0 Å². The highest BCUT2D eigenvalue weighted by molar-refractivity contribution is 9.10. The van der Waals surface area contributed by atoms with Gasteiger partial charge in [0, 0.05) is 28.0 Å². The third kappa shape index (κ3) is 3.15. The normalized spacial score (nSPS) is 12.7. The molecule has 130 valence electrons. The van der Waals surface area contributed by atoms with Crippen LogP contribution < -0.4 is 10.2 Å². The number of nitrogens with one attached hydrogen (secondary N) is 1. The summed E-state index contributed by atoms with van der Waals surface area (Å²) >= 11 is 3.35. The van der Waals surface area contributed by atoms with Gasteiger partial charge in [-0.1, -0.05) is 22.0 Å². The van der Waals surface area contributed by atoms with Gasteiger partial charge < -0.3 is 14.6 Å². The number of nitrogens with zero attached hydrogens (tertiary/aromatic N) is 1. The Morgan fingerprint density at radius 2 is 1.88 bits per heavy atom. The molecule has 1 aliphatic rings. The fourth-order valence-electron chi connectivity index (χ4n) is 3.01. The largest absolute Gasteiger partial charge is 0.459 e. The Kier molecular flexibility index (Phi) is 4.34. The SMILES string of the molecule is O=C(Nc1ccc2c(c1)N(C(=O)c1ccco1)CC2)c1ccc(Br)cc1. The molecule has 0 fully saturated rings. The predicted molar refractivity (Wildman–Crippen MR) is 103 cm³/mol. The number of carbonyl (C=O) groups is 2. The summed E-state index contributed by atoms with van der Waals surface area (Å²) in [6.45, 7) is 0.596. The van der Waals surface area contributed by atoms with Crippen molar-refractivity contribution < 1.29 is 14.0 Å². The van der Waals surface area contributed by atoms with E-state index in [1.807, 2.05) is 30.3 Å². The van der Waals surface area contributed by atoms with Crippen molar-refractivity contribution in [2.24, 2.45) is 0 Å². The van der Waals surface area contributed by atoms with E-state index in [9.17, 15) is 9.59 Å². The number of amides is 2. The molecule has 0 radical (unpaired) electrons. The van der Waals surface area contributed by atoms with Crippen molar-refractivity contribution in [2.75, 3.05) is 16.8 Å². The summed E-state index contributed by atoms with van der Waals surface area (Å²) in [6.07, 6.45) is 2.27. The van der Waals surface area contributed by atoms with Gasteiger partial charge in [-0.25, -0.2) is 0 Å². The zero-order valence-electron chi connectivity index (χ0n) is 13.7.